The van der Waals surface area contributed by atoms with E-state index >= 15 is 0 Å². The number of hydrogen-bond acceptors (Lipinski definition) is 3. The van der Waals surface area contributed by atoms with E-state index in [-0.39, 0.29) is 0 Å². The van der Waals surface area contributed by atoms with E-state index in [9.17, 15) is 19.8 Å². The van der Waals surface area contributed by atoms with E-state index in [2.05, 4.69) is 0 Å². The van der Waals surface area contributed by atoms with Gasteiger partial charge in [0, 0.05) is 13.7 Å². The Morgan fingerprint density at radius 1 is 1.47 bits per heavy atom. The first kappa shape index (κ1) is 15.2. The Labute approximate surface area is 111 Å². The third-order valence-corrected chi connectivity index (χ3v) is 3.25. The van der Waals surface area contributed by atoms with Crippen LogP contribution in [0.4, 0.5) is 0 Å². The molecule has 2 N–H and O–H groups in total. The summed E-state index contributed by atoms with van der Waals surface area (Å²) < 4.78 is 4.96. The van der Waals surface area contributed by atoms with Crippen LogP contribution in [0, 0.1) is 11.3 Å². The van der Waals surface area contributed by atoms with Gasteiger partial charge in [-0.1, -0.05) is 30.4 Å². The molecule has 0 aliphatic heterocycles. The van der Waals surface area contributed by atoms with Gasteiger partial charge in [0.25, 0.3) is 0 Å². The van der Waals surface area contributed by atoms with Gasteiger partial charge in [0.15, 0.2) is 0 Å². The van der Waals surface area contributed by atoms with Gasteiger partial charge in [-0.2, -0.15) is 0 Å². The lowest BCUT2D eigenvalue weighted by Gasteiger charge is -2.35. The van der Waals surface area contributed by atoms with Gasteiger partial charge < -0.3 is 14.9 Å². The largest absolute Gasteiger partial charge is 0.481 e. The Bertz CT molecular complexity index is 447. The minimum absolute atomic E-state index is 0.346. The van der Waals surface area contributed by atoms with E-state index in [1.165, 1.54) is 19.3 Å². The lowest BCUT2D eigenvalue weighted by atomic mass is 9.66. The lowest BCUT2D eigenvalue weighted by molar-refractivity contribution is -0.154. The SMILES string of the molecule is CC=CC1(C(=O)O)C(CCOC)=CC=CC1C(=O)O. The second-order valence-electron chi connectivity index (χ2n) is 4.31. The van der Waals surface area contributed by atoms with Crippen molar-refractivity contribution in [2.75, 3.05) is 13.7 Å². The molecule has 104 valence electrons. The molecule has 2 atom stereocenters. The number of carbonyl (C=O) groups is 2. The maximum atomic E-state index is 11.7. The molecule has 0 fully saturated rings. The Hall–Kier alpha value is -1.88. The molecule has 0 aromatic heterocycles. The van der Waals surface area contributed by atoms with E-state index in [1.54, 1.807) is 25.2 Å². The summed E-state index contributed by atoms with van der Waals surface area (Å²) in [7, 11) is 1.52. The first-order valence-corrected chi connectivity index (χ1v) is 5.97. The summed E-state index contributed by atoms with van der Waals surface area (Å²) in [6.45, 7) is 2.02. The lowest BCUT2D eigenvalue weighted by Crippen LogP contribution is -2.43. The Morgan fingerprint density at radius 3 is 2.63 bits per heavy atom. The molecule has 0 aromatic carbocycles. The number of methoxy groups -OCH3 is 1. The Balaban J connectivity index is 3.33. The number of carboxylic acid groups (broad SMARTS) is 2. The summed E-state index contributed by atoms with van der Waals surface area (Å²) in [6, 6.07) is 0. The Kier molecular flexibility index (Phi) is 5.06. The molecule has 1 aliphatic carbocycles. The van der Waals surface area contributed by atoms with Crippen LogP contribution in [0.3, 0.4) is 0 Å². The molecule has 2 unspecified atom stereocenters. The number of carboxylic acids is 2. The fraction of sp³-hybridized carbons (Fsp3) is 0.429. The zero-order valence-corrected chi connectivity index (χ0v) is 11.0. The molecule has 0 spiro atoms. The molecule has 5 nitrogen and oxygen atoms in total. The van der Waals surface area contributed by atoms with Crippen LogP contribution in [0.1, 0.15) is 13.3 Å². The average Bonchev–Trinajstić information content (AvgIpc) is 2.36. The smallest absolute Gasteiger partial charge is 0.318 e. The fourth-order valence-corrected chi connectivity index (χ4v) is 2.37. The molecule has 0 aromatic rings. The third kappa shape index (κ3) is 2.76. The van der Waals surface area contributed by atoms with Crippen LogP contribution in [0.5, 0.6) is 0 Å². The van der Waals surface area contributed by atoms with Gasteiger partial charge >= 0.3 is 11.9 Å². The predicted molar refractivity (Wildman–Crippen MR) is 69.7 cm³/mol. The highest BCUT2D eigenvalue weighted by Gasteiger charge is 2.50. The summed E-state index contributed by atoms with van der Waals surface area (Å²) in [5.74, 6) is -3.43. The molecule has 0 heterocycles. The fourth-order valence-electron chi connectivity index (χ4n) is 2.37. The van der Waals surface area contributed by atoms with E-state index < -0.39 is 23.3 Å². The molecular weight excluding hydrogens is 248 g/mol. The zero-order valence-electron chi connectivity index (χ0n) is 11.0. The van der Waals surface area contributed by atoms with Crippen LogP contribution in [0.2, 0.25) is 0 Å². The molecular formula is C14H18O5. The van der Waals surface area contributed by atoms with Crippen LogP contribution in [-0.2, 0) is 14.3 Å². The third-order valence-electron chi connectivity index (χ3n) is 3.25. The minimum atomic E-state index is -1.53. The maximum absolute atomic E-state index is 11.7. The molecule has 0 bridgehead atoms. The van der Waals surface area contributed by atoms with Crippen molar-refractivity contribution in [3.05, 3.63) is 36.0 Å². The monoisotopic (exact) mass is 266 g/mol. The van der Waals surface area contributed by atoms with Crippen molar-refractivity contribution in [3.63, 3.8) is 0 Å². The second-order valence-corrected chi connectivity index (χ2v) is 4.31. The van der Waals surface area contributed by atoms with Crippen LogP contribution in [-0.4, -0.2) is 35.9 Å². The van der Waals surface area contributed by atoms with E-state index in [0.717, 1.165) is 0 Å². The molecule has 0 radical (unpaired) electrons. The van der Waals surface area contributed by atoms with E-state index in [1.807, 2.05) is 0 Å². The van der Waals surface area contributed by atoms with E-state index in [4.69, 9.17) is 4.74 Å². The first-order chi connectivity index (χ1) is 9.00. The van der Waals surface area contributed by atoms with Gasteiger partial charge in [0.05, 0.1) is 5.92 Å². The van der Waals surface area contributed by atoms with Gasteiger partial charge in [-0.25, -0.2) is 0 Å². The second kappa shape index (κ2) is 6.33. The molecule has 0 saturated carbocycles. The highest BCUT2D eigenvalue weighted by atomic mass is 16.5. The standard InChI is InChI=1S/C14H18O5/c1-3-8-14(13(17)18)10(7-9-19-2)5-4-6-11(14)12(15)16/h3-6,8,11H,7,9H2,1-2H3,(H,15,16)(H,17,18). The molecule has 0 saturated heterocycles. The van der Waals surface area contributed by atoms with Gasteiger partial charge in [0.1, 0.15) is 5.41 Å². The van der Waals surface area contributed by atoms with Crippen molar-refractivity contribution in [1.29, 1.82) is 0 Å². The summed E-state index contributed by atoms with van der Waals surface area (Å²) in [5.41, 5.74) is -0.997. The summed E-state index contributed by atoms with van der Waals surface area (Å²) in [5, 5.41) is 18.9. The van der Waals surface area contributed by atoms with Gasteiger partial charge in [0.2, 0.25) is 0 Å². The van der Waals surface area contributed by atoms with Crippen molar-refractivity contribution in [3.8, 4) is 0 Å². The van der Waals surface area contributed by atoms with Gasteiger partial charge in [-0.3, -0.25) is 9.59 Å². The van der Waals surface area contributed by atoms with Crippen molar-refractivity contribution in [2.24, 2.45) is 11.3 Å². The van der Waals surface area contributed by atoms with E-state index in [0.29, 0.717) is 18.6 Å². The predicted octanol–water partition coefficient (Wildman–Crippen LogP) is 1.87. The highest BCUT2D eigenvalue weighted by molar-refractivity contribution is 5.90. The molecule has 5 heteroatoms. The Morgan fingerprint density at radius 2 is 2.16 bits per heavy atom. The topological polar surface area (TPSA) is 83.8 Å². The quantitative estimate of drug-likeness (QED) is 0.717. The van der Waals surface area contributed by atoms with Gasteiger partial charge in [-0.15, -0.1) is 0 Å². The average molecular weight is 266 g/mol. The van der Waals surface area contributed by atoms with Crippen molar-refractivity contribution < 1.29 is 24.5 Å². The van der Waals surface area contributed by atoms with Crippen LogP contribution >= 0.6 is 0 Å². The number of ether oxygens (including phenoxy) is 1. The van der Waals surface area contributed by atoms with Gasteiger partial charge in [-0.05, 0) is 18.9 Å². The summed E-state index contributed by atoms with van der Waals surface area (Å²) in [4.78, 5) is 23.1. The number of aliphatic carboxylic acids is 2. The number of rotatable bonds is 6. The molecule has 0 amide bonds. The molecule has 1 aliphatic rings. The normalized spacial score (nSPS) is 26.4. The number of hydrogen-bond donors (Lipinski definition) is 2. The molecule has 1 rings (SSSR count). The minimum Gasteiger partial charge on any atom is -0.481 e. The number of allylic oxidation sites excluding steroid dienone is 3. The van der Waals surface area contributed by atoms with Crippen LogP contribution in [0.25, 0.3) is 0 Å². The van der Waals surface area contributed by atoms with Crippen molar-refractivity contribution in [1.82, 2.24) is 0 Å². The highest BCUT2D eigenvalue weighted by Crippen LogP contribution is 2.43. The van der Waals surface area contributed by atoms with Crippen LogP contribution < -0.4 is 0 Å². The maximum Gasteiger partial charge on any atom is 0.318 e. The van der Waals surface area contributed by atoms with Crippen molar-refractivity contribution >= 4 is 11.9 Å². The molecule has 19 heavy (non-hydrogen) atoms. The zero-order chi connectivity index (χ0) is 14.5. The van der Waals surface area contributed by atoms with Crippen molar-refractivity contribution in [2.45, 2.75) is 13.3 Å². The summed E-state index contributed by atoms with van der Waals surface area (Å²) >= 11 is 0. The van der Waals surface area contributed by atoms with Crippen LogP contribution in [0.15, 0.2) is 36.0 Å². The summed E-state index contributed by atoms with van der Waals surface area (Å²) in [6.07, 6.45) is 8.05. The first-order valence-electron chi connectivity index (χ1n) is 5.97.